The average Bonchev–Trinajstić information content (AvgIpc) is 2.66. The maximum absolute atomic E-state index is 11.8. The smallest absolute Gasteiger partial charge is 0.337 e. The molecule has 0 aliphatic carbocycles. The SMILES string of the molecule is COC(=O)c1ccc(CNC(=O)COC(=O)Cc2ccccc2Cl)cc1. The summed E-state index contributed by atoms with van der Waals surface area (Å²) in [6, 6.07) is 13.6. The molecule has 0 aromatic heterocycles. The van der Waals surface area contributed by atoms with Crippen LogP contribution in [0.5, 0.6) is 0 Å². The van der Waals surface area contributed by atoms with Gasteiger partial charge in [-0.25, -0.2) is 4.79 Å². The second-order valence-electron chi connectivity index (χ2n) is 5.39. The van der Waals surface area contributed by atoms with Gasteiger partial charge in [0.25, 0.3) is 5.91 Å². The van der Waals surface area contributed by atoms with Crippen molar-refractivity contribution in [2.24, 2.45) is 0 Å². The van der Waals surface area contributed by atoms with Crippen LogP contribution in [-0.2, 0) is 32.0 Å². The fourth-order valence-electron chi connectivity index (χ4n) is 2.12. The van der Waals surface area contributed by atoms with E-state index in [0.717, 1.165) is 5.56 Å². The van der Waals surface area contributed by atoms with E-state index in [-0.39, 0.29) is 19.6 Å². The van der Waals surface area contributed by atoms with Gasteiger partial charge >= 0.3 is 11.9 Å². The Kier molecular flexibility index (Phi) is 7.17. The third kappa shape index (κ3) is 5.89. The van der Waals surface area contributed by atoms with Gasteiger partial charge in [-0.1, -0.05) is 41.9 Å². The van der Waals surface area contributed by atoms with Crippen molar-refractivity contribution >= 4 is 29.4 Å². The van der Waals surface area contributed by atoms with Gasteiger partial charge in [0.05, 0.1) is 19.1 Å². The van der Waals surface area contributed by atoms with Crippen LogP contribution in [0.15, 0.2) is 48.5 Å². The predicted octanol–water partition coefficient (Wildman–Crippen LogP) is 2.53. The Hall–Kier alpha value is -2.86. The van der Waals surface area contributed by atoms with Crippen LogP contribution >= 0.6 is 11.6 Å². The average molecular weight is 376 g/mol. The van der Waals surface area contributed by atoms with Gasteiger partial charge in [0.1, 0.15) is 0 Å². The molecule has 0 aliphatic rings. The van der Waals surface area contributed by atoms with Crippen molar-refractivity contribution in [2.75, 3.05) is 13.7 Å². The van der Waals surface area contributed by atoms with Gasteiger partial charge in [0.15, 0.2) is 6.61 Å². The summed E-state index contributed by atoms with van der Waals surface area (Å²) < 4.78 is 9.56. The summed E-state index contributed by atoms with van der Waals surface area (Å²) >= 11 is 5.97. The highest BCUT2D eigenvalue weighted by atomic mass is 35.5. The third-order valence-electron chi connectivity index (χ3n) is 3.52. The fraction of sp³-hybridized carbons (Fsp3) is 0.211. The van der Waals surface area contributed by atoms with Crippen molar-refractivity contribution in [1.29, 1.82) is 0 Å². The summed E-state index contributed by atoms with van der Waals surface area (Å²) in [5.74, 6) is -1.38. The van der Waals surface area contributed by atoms with Crippen molar-refractivity contribution in [1.82, 2.24) is 5.32 Å². The number of benzene rings is 2. The van der Waals surface area contributed by atoms with Gasteiger partial charge in [-0.2, -0.15) is 0 Å². The third-order valence-corrected chi connectivity index (χ3v) is 3.89. The van der Waals surface area contributed by atoms with Crippen molar-refractivity contribution in [3.8, 4) is 0 Å². The summed E-state index contributed by atoms with van der Waals surface area (Å²) in [5.41, 5.74) is 1.87. The molecule has 136 valence electrons. The first-order valence-corrected chi connectivity index (χ1v) is 8.20. The standard InChI is InChI=1S/C19H18ClNO5/c1-25-19(24)14-8-6-13(7-9-14)11-21-17(22)12-26-18(23)10-15-4-2-3-5-16(15)20/h2-9H,10-12H2,1H3,(H,21,22). The summed E-state index contributed by atoms with van der Waals surface area (Å²) in [7, 11) is 1.31. The first-order chi connectivity index (χ1) is 12.5. The van der Waals surface area contributed by atoms with Crippen molar-refractivity contribution in [3.63, 3.8) is 0 Å². The Morgan fingerprint density at radius 3 is 2.38 bits per heavy atom. The minimum absolute atomic E-state index is 0.00193. The zero-order valence-electron chi connectivity index (χ0n) is 14.2. The predicted molar refractivity (Wildman–Crippen MR) is 95.7 cm³/mol. The minimum atomic E-state index is -0.532. The summed E-state index contributed by atoms with van der Waals surface area (Å²) in [4.78, 5) is 34.9. The Bertz CT molecular complexity index is 789. The van der Waals surface area contributed by atoms with E-state index in [1.807, 2.05) is 0 Å². The normalized spacial score (nSPS) is 10.1. The molecule has 7 heteroatoms. The van der Waals surface area contributed by atoms with Gasteiger partial charge in [0, 0.05) is 11.6 Å². The number of ether oxygens (including phenoxy) is 2. The molecule has 0 saturated heterocycles. The molecular formula is C19H18ClNO5. The van der Waals surface area contributed by atoms with Crippen molar-refractivity contribution in [2.45, 2.75) is 13.0 Å². The molecule has 2 aromatic carbocycles. The molecule has 0 radical (unpaired) electrons. The Balaban J connectivity index is 1.74. The van der Waals surface area contributed by atoms with E-state index in [4.69, 9.17) is 16.3 Å². The molecule has 0 fully saturated rings. The van der Waals surface area contributed by atoms with Crippen LogP contribution in [0.25, 0.3) is 0 Å². The molecule has 0 saturated carbocycles. The Morgan fingerprint density at radius 2 is 1.73 bits per heavy atom. The fourth-order valence-corrected chi connectivity index (χ4v) is 2.33. The van der Waals surface area contributed by atoms with E-state index in [1.54, 1.807) is 48.5 Å². The van der Waals surface area contributed by atoms with Gasteiger partial charge in [-0.3, -0.25) is 9.59 Å². The lowest BCUT2D eigenvalue weighted by molar-refractivity contribution is -0.147. The lowest BCUT2D eigenvalue weighted by Gasteiger charge is -2.08. The molecule has 0 heterocycles. The number of hydrogen-bond donors (Lipinski definition) is 1. The minimum Gasteiger partial charge on any atom is -0.465 e. The molecule has 0 bridgehead atoms. The number of methoxy groups -OCH3 is 1. The Morgan fingerprint density at radius 1 is 1.04 bits per heavy atom. The van der Waals surface area contributed by atoms with E-state index < -0.39 is 17.8 Å². The number of amides is 1. The van der Waals surface area contributed by atoms with E-state index >= 15 is 0 Å². The van der Waals surface area contributed by atoms with Crippen molar-refractivity contribution in [3.05, 3.63) is 70.2 Å². The first kappa shape index (κ1) is 19.5. The van der Waals surface area contributed by atoms with Gasteiger partial charge in [-0.15, -0.1) is 0 Å². The molecule has 2 rings (SSSR count). The highest BCUT2D eigenvalue weighted by Crippen LogP contribution is 2.15. The monoisotopic (exact) mass is 375 g/mol. The van der Waals surface area contributed by atoms with E-state index in [2.05, 4.69) is 10.1 Å². The lowest BCUT2D eigenvalue weighted by Crippen LogP contribution is -2.28. The van der Waals surface area contributed by atoms with Crippen LogP contribution in [-0.4, -0.2) is 31.6 Å². The van der Waals surface area contributed by atoms with E-state index in [1.165, 1.54) is 7.11 Å². The van der Waals surface area contributed by atoms with Crippen LogP contribution in [0.2, 0.25) is 5.02 Å². The largest absolute Gasteiger partial charge is 0.465 e. The molecule has 0 spiro atoms. The van der Waals surface area contributed by atoms with Crippen LogP contribution in [0.3, 0.4) is 0 Å². The number of esters is 2. The molecule has 1 N–H and O–H groups in total. The molecule has 0 unspecified atom stereocenters. The lowest BCUT2D eigenvalue weighted by atomic mass is 10.1. The topological polar surface area (TPSA) is 81.7 Å². The van der Waals surface area contributed by atoms with E-state index in [9.17, 15) is 14.4 Å². The van der Waals surface area contributed by atoms with Crippen LogP contribution < -0.4 is 5.32 Å². The molecule has 6 nitrogen and oxygen atoms in total. The quantitative estimate of drug-likeness (QED) is 0.752. The molecule has 0 atom stereocenters. The zero-order valence-corrected chi connectivity index (χ0v) is 14.9. The Labute approximate surface area is 156 Å². The van der Waals surface area contributed by atoms with E-state index in [0.29, 0.717) is 16.1 Å². The molecule has 26 heavy (non-hydrogen) atoms. The summed E-state index contributed by atoms with van der Waals surface area (Å²) in [6.07, 6.45) is 0.00193. The number of rotatable bonds is 7. The highest BCUT2D eigenvalue weighted by molar-refractivity contribution is 6.31. The maximum atomic E-state index is 11.8. The second kappa shape index (κ2) is 9.58. The van der Waals surface area contributed by atoms with Crippen molar-refractivity contribution < 1.29 is 23.9 Å². The second-order valence-corrected chi connectivity index (χ2v) is 5.80. The number of halogens is 1. The number of carbonyl (C=O) groups excluding carboxylic acids is 3. The molecular weight excluding hydrogens is 358 g/mol. The van der Waals surface area contributed by atoms with Gasteiger partial charge < -0.3 is 14.8 Å². The van der Waals surface area contributed by atoms with Gasteiger partial charge in [-0.05, 0) is 29.3 Å². The molecule has 1 amide bonds. The van der Waals surface area contributed by atoms with Gasteiger partial charge in [0.2, 0.25) is 0 Å². The zero-order chi connectivity index (χ0) is 18.9. The first-order valence-electron chi connectivity index (χ1n) is 7.82. The van der Waals surface area contributed by atoms with Crippen LogP contribution in [0.4, 0.5) is 0 Å². The maximum Gasteiger partial charge on any atom is 0.337 e. The highest BCUT2D eigenvalue weighted by Gasteiger charge is 2.11. The number of hydrogen-bond acceptors (Lipinski definition) is 5. The summed E-state index contributed by atoms with van der Waals surface area (Å²) in [5, 5.41) is 3.11. The number of carbonyl (C=O) groups is 3. The molecule has 0 aliphatic heterocycles. The number of nitrogens with one attached hydrogen (secondary N) is 1. The van der Waals surface area contributed by atoms with Crippen LogP contribution in [0.1, 0.15) is 21.5 Å². The van der Waals surface area contributed by atoms with Crippen LogP contribution in [0, 0.1) is 0 Å². The molecule has 2 aromatic rings. The summed E-state index contributed by atoms with van der Waals surface area (Å²) in [6.45, 7) is -0.119.